The Bertz CT molecular complexity index is 532. The van der Waals surface area contributed by atoms with Crippen LogP contribution in [0.1, 0.15) is 20.8 Å². The van der Waals surface area contributed by atoms with E-state index in [1.807, 2.05) is 31.2 Å². The first-order chi connectivity index (χ1) is 8.00. The molecular weight excluding hydrogens is 407 g/mol. The first kappa shape index (κ1) is 13.9. The number of benzene rings is 1. The van der Waals surface area contributed by atoms with Crippen molar-refractivity contribution in [3.8, 4) is 0 Å². The van der Waals surface area contributed by atoms with Crippen LogP contribution in [0.25, 0.3) is 0 Å². The van der Waals surface area contributed by atoms with Gasteiger partial charge in [-0.15, -0.1) is 11.3 Å². The van der Waals surface area contributed by atoms with E-state index >= 15 is 0 Å². The summed E-state index contributed by atoms with van der Waals surface area (Å²) in [6.45, 7) is 2.00. The molecule has 0 aliphatic heterocycles. The van der Waals surface area contributed by atoms with Gasteiger partial charge >= 0.3 is 0 Å². The van der Waals surface area contributed by atoms with Crippen LogP contribution in [-0.2, 0) is 0 Å². The molecular formula is C12H8Br2Cl2S. The van der Waals surface area contributed by atoms with Crippen LogP contribution in [0.4, 0.5) is 0 Å². The molecule has 0 aliphatic carbocycles. The van der Waals surface area contributed by atoms with Crippen LogP contribution in [0.3, 0.4) is 0 Å². The van der Waals surface area contributed by atoms with Crippen LogP contribution in [-0.4, -0.2) is 0 Å². The predicted octanol–water partition coefficient (Wildman–Crippen LogP) is 6.61. The Balaban J connectivity index is 2.43. The molecule has 1 heterocycles. The van der Waals surface area contributed by atoms with Crippen LogP contribution in [0, 0.1) is 6.92 Å². The molecule has 17 heavy (non-hydrogen) atoms. The van der Waals surface area contributed by atoms with E-state index in [2.05, 4.69) is 31.9 Å². The molecule has 0 aliphatic rings. The number of halogens is 4. The Kier molecular flexibility index (Phi) is 4.59. The highest BCUT2D eigenvalue weighted by molar-refractivity contribution is 9.11. The zero-order valence-corrected chi connectivity index (χ0v) is 14.3. The van der Waals surface area contributed by atoms with E-state index in [0.29, 0.717) is 0 Å². The maximum Gasteiger partial charge on any atom is 0.0887 e. The normalized spacial score (nSPS) is 12.8. The molecule has 0 amide bonds. The van der Waals surface area contributed by atoms with Gasteiger partial charge < -0.3 is 0 Å². The van der Waals surface area contributed by atoms with Gasteiger partial charge in [0.2, 0.25) is 0 Å². The van der Waals surface area contributed by atoms with Crippen molar-refractivity contribution in [1.29, 1.82) is 0 Å². The second-order valence-corrected chi connectivity index (χ2v) is 7.71. The molecule has 1 atom stereocenters. The molecule has 2 aromatic rings. The molecule has 0 radical (unpaired) electrons. The van der Waals surface area contributed by atoms with Gasteiger partial charge in [0, 0.05) is 9.90 Å². The zero-order valence-electron chi connectivity index (χ0n) is 8.81. The van der Waals surface area contributed by atoms with Crippen molar-refractivity contribution in [2.45, 2.75) is 11.8 Å². The van der Waals surface area contributed by atoms with Gasteiger partial charge in [0.05, 0.1) is 13.6 Å². The highest BCUT2D eigenvalue weighted by Crippen LogP contribution is 2.43. The van der Waals surface area contributed by atoms with Gasteiger partial charge in [0.15, 0.2) is 0 Å². The fraction of sp³-hybridized carbons (Fsp3) is 0.167. The van der Waals surface area contributed by atoms with Crippen molar-refractivity contribution in [1.82, 2.24) is 0 Å². The van der Waals surface area contributed by atoms with Crippen LogP contribution in [0.5, 0.6) is 0 Å². The van der Waals surface area contributed by atoms with Gasteiger partial charge in [-0.3, -0.25) is 0 Å². The summed E-state index contributed by atoms with van der Waals surface area (Å²) in [5.41, 5.74) is 2.15. The van der Waals surface area contributed by atoms with Crippen molar-refractivity contribution < 1.29 is 0 Å². The number of thiophene rings is 1. The smallest absolute Gasteiger partial charge is 0.0887 e. The average Bonchev–Trinajstić information content (AvgIpc) is 2.62. The standard InChI is InChI=1S/C12H8Br2Cl2S/c1-6-3-2-4-7(11(6)16)10(13)9-5-8(15)12(14)17-9/h2-5,10H,1H3. The van der Waals surface area contributed by atoms with E-state index in [4.69, 9.17) is 23.2 Å². The first-order valence-electron chi connectivity index (χ1n) is 4.84. The topological polar surface area (TPSA) is 0 Å². The van der Waals surface area contributed by atoms with Crippen LogP contribution >= 0.6 is 66.4 Å². The maximum absolute atomic E-state index is 6.31. The Morgan fingerprint density at radius 1 is 1.29 bits per heavy atom. The molecule has 1 aromatic carbocycles. The second kappa shape index (κ2) is 5.62. The summed E-state index contributed by atoms with van der Waals surface area (Å²) in [6, 6.07) is 7.99. The minimum Gasteiger partial charge on any atom is -0.130 e. The summed E-state index contributed by atoms with van der Waals surface area (Å²) in [6.07, 6.45) is 0. The quantitative estimate of drug-likeness (QED) is 0.485. The Labute approximate surface area is 131 Å². The zero-order chi connectivity index (χ0) is 12.6. The summed E-state index contributed by atoms with van der Waals surface area (Å²) >= 11 is 21.1. The fourth-order valence-electron chi connectivity index (χ4n) is 1.51. The Morgan fingerprint density at radius 2 is 2.00 bits per heavy atom. The summed E-state index contributed by atoms with van der Waals surface area (Å²) in [5, 5.41) is 1.54. The molecule has 90 valence electrons. The molecule has 0 saturated carbocycles. The number of hydrogen-bond acceptors (Lipinski definition) is 1. The second-order valence-electron chi connectivity index (χ2n) is 3.61. The molecule has 0 N–H and O–H groups in total. The first-order valence-corrected chi connectivity index (χ1v) is 8.12. The third kappa shape index (κ3) is 2.90. The molecule has 0 fully saturated rings. The van der Waals surface area contributed by atoms with Crippen molar-refractivity contribution in [2.24, 2.45) is 0 Å². The Hall–Kier alpha value is 0.460. The lowest BCUT2D eigenvalue weighted by Crippen LogP contribution is -1.92. The lowest BCUT2D eigenvalue weighted by atomic mass is 10.1. The number of hydrogen-bond donors (Lipinski definition) is 0. The average molecular weight is 415 g/mol. The monoisotopic (exact) mass is 412 g/mol. The van der Waals surface area contributed by atoms with Gasteiger partial charge in [0.1, 0.15) is 0 Å². The van der Waals surface area contributed by atoms with Crippen molar-refractivity contribution in [2.75, 3.05) is 0 Å². The minimum absolute atomic E-state index is 0.0729. The van der Waals surface area contributed by atoms with Crippen LogP contribution in [0.2, 0.25) is 10.0 Å². The third-order valence-electron chi connectivity index (χ3n) is 2.41. The minimum atomic E-state index is 0.0729. The molecule has 2 rings (SSSR count). The van der Waals surface area contributed by atoms with E-state index in [1.165, 1.54) is 0 Å². The summed E-state index contributed by atoms with van der Waals surface area (Å²) in [5.74, 6) is 0. The number of rotatable bonds is 2. The van der Waals surface area contributed by atoms with E-state index in [-0.39, 0.29) is 4.83 Å². The van der Waals surface area contributed by atoms with Gasteiger partial charge in [0.25, 0.3) is 0 Å². The molecule has 1 aromatic heterocycles. The molecule has 0 spiro atoms. The van der Waals surface area contributed by atoms with Crippen molar-refractivity contribution in [3.05, 3.63) is 54.1 Å². The van der Waals surface area contributed by atoms with E-state index < -0.39 is 0 Å². The van der Waals surface area contributed by atoms with Gasteiger partial charge in [-0.25, -0.2) is 0 Å². The molecule has 1 unspecified atom stereocenters. The molecule has 0 bridgehead atoms. The maximum atomic E-state index is 6.31. The van der Waals surface area contributed by atoms with E-state index in [9.17, 15) is 0 Å². The van der Waals surface area contributed by atoms with Crippen molar-refractivity contribution >= 4 is 66.4 Å². The van der Waals surface area contributed by atoms with Gasteiger partial charge in [-0.2, -0.15) is 0 Å². The summed E-state index contributed by atoms with van der Waals surface area (Å²) in [7, 11) is 0. The SMILES string of the molecule is Cc1cccc(C(Br)c2cc(Cl)c(Br)s2)c1Cl. The number of aryl methyl sites for hydroxylation is 1. The van der Waals surface area contributed by atoms with E-state index in [1.54, 1.807) is 11.3 Å². The van der Waals surface area contributed by atoms with Gasteiger partial charge in [-0.1, -0.05) is 57.3 Å². The molecule has 0 nitrogen and oxygen atoms in total. The summed E-state index contributed by atoms with van der Waals surface area (Å²) < 4.78 is 0.947. The number of alkyl halides is 1. The lowest BCUT2D eigenvalue weighted by Gasteiger charge is -2.11. The molecule has 0 saturated heterocycles. The largest absolute Gasteiger partial charge is 0.130 e. The van der Waals surface area contributed by atoms with Crippen LogP contribution < -0.4 is 0 Å². The van der Waals surface area contributed by atoms with Crippen LogP contribution in [0.15, 0.2) is 28.1 Å². The summed E-state index contributed by atoms with van der Waals surface area (Å²) in [4.78, 5) is 1.21. The highest BCUT2D eigenvalue weighted by Gasteiger charge is 2.18. The highest BCUT2D eigenvalue weighted by atomic mass is 79.9. The predicted molar refractivity (Wildman–Crippen MR) is 84.0 cm³/mol. The third-order valence-corrected chi connectivity index (χ3v) is 6.75. The van der Waals surface area contributed by atoms with Crippen molar-refractivity contribution in [3.63, 3.8) is 0 Å². The molecule has 5 heteroatoms. The Morgan fingerprint density at radius 3 is 2.59 bits per heavy atom. The van der Waals surface area contributed by atoms with E-state index in [0.717, 1.165) is 29.8 Å². The fourth-order valence-corrected chi connectivity index (χ4v) is 4.41. The van der Waals surface area contributed by atoms with Gasteiger partial charge in [-0.05, 0) is 40.0 Å². The lowest BCUT2D eigenvalue weighted by molar-refractivity contribution is 1.21.